The predicted molar refractivity (Wildman–Crippen MR) is 109 cm³/mol. The first-order valence-electron chi connectivity index (χ1n) is 9.32. The highest BCUT2D eigenvalue weighted by atomic mass is 35.5. The highest BCUT2D eigenvalue weighted by Gasteiger charge is 2.56. The number of rotatable bonds is 2. The minimum Gasteiger partial charge on any atom is -0.334 e. The summed E-state index contributed by atoms with van der Waals surface area (Å²) in [5.41, 5.74) is 1.02. The van der Waals surface area contributed by atoms with Crippen LogP contribution in [0.3, 0.4) is 0 Å². The van der Waals surface area contributed by atoms with Gasteiger partial charge in [-0.3, -0.25) is 9.59 Å². The molecule has 2 fully saturated rings. The third kappa shape index (κ3) is 3.18. The smallest absolute Gasteiger partial charge is 0.315 e. The van der Waals surface area contributed by atoms with Crippen LogP contribution in [0.15, 0.2) is 30.5 Å². The quantitative estimate of drug-likeness (QED) is 0.741. The van der Waals surface area contributed by atoms with Gasteiger partial charge in [-0.05, 0) is 48.3 Å². The summed E-state index contributed by atoms with van der Waals surface area (Å²) in [7, 11) is 0. The number of anilines is 1. The summed E-state index contributed by atoms with van der Waals surface area (Å²) >= 11 is 12.1. The topological polar surface area (TPSA) is 67.2 Å². The van der Waals surface area contributed by atoms with E-state index in [0.717, 1.165) is 12.8 Å². The number of nitrogens with zero attached hydrogens (tertiary/aromatic N) is 3. The number of amides is 2. The Morgan fingerprint density at radius 1 is 1.14 bits per heavy atom. The molecule has 0 bridgehead atoms. The molecule has 1 unspecified atom stereocenters. The molecule has 2 aromatic rings. The van der Waals surface area contributed by atoms with E-state index in [9.17, 15) is 9.59 Å². The van der Waals surface area contributed by atoms with Gasteiger partial charge in [0.05, 0.1) is 10.7 Å². The van der Waals surface area contributed by atoms with Gasteiger partial charge in [-0.1, -0.05) is 37.0 Å². The second-order valence-electron chi connectivity index (χ2n) is 8.34. The Morgan fingerprint density at radius 2 is 1.93 bits per heavy atom. The maximum atomic E-state index is 12.6. The van der Waals surface area contributed by atoms with Crippen LogP contribution in [-0.2, 0) is 9.59 Å². The molecule has 2 amide bonds. The van der Waals surface area contributed by atoms with Crippen LogP contribution in [0, 0.1) is 10.8 Å². The lowest BCUT2D eigenvalue weighted by atomic mass is 9.51. The van der Waals surface area contributed by atoms with E-state index in [-0.39, 0.29) is 10.8 Å². The monoisotopic (exact) mass is 420 g/mol. The van der Waals surface area contributed by atoms with E-state index in [0.29, 0.717) is 34.6 Å². The van der Waals surface area contributed by atoms with E-state index >= 15 is 0 Å². The lowest BCUT2D eigenvalue weighted by Gasteiger charge is -2.54. The van der Waals surface area contributed by atoms with Gasteiger partial charge in [0.15, 0.2) is 5.82 Å². The maximum Gasteiger partial charge on any atom is 0.315 e. The van der Waals surface area contributed by atoms with Crippen molar-refractivity contribution in [3.63, 3.8) is 0 Å². The fourth-order valence-corrected chi connectivity index (χ4v) is 4.78. The summed E-state index contributed by atoms with van der Waals surface area (Å²) in [6, 6.07) is 6.68. The molecule has 1 saturated heterocycles. The number of nitrogens with one attached hydrogen (secondary N) is 1. The van der Waals surface area contributed by atoms with E-state index in [1.165, 1.54) is 11.1 Å². The summed E-state index contributed by atoms with van der Waals surface area (Å²) in [5, 5.41) is 7.84. The van der Waals surface area contributed by atoms with Crippen LogP contribution in [0.4, 0.5) is 5.82 Å². The molecule has 148 valence electrons. The molecule has 0 radical (unpaired) electrons. The summed E-state index contributed by atoms with van der Waals surface area (Å²) in [6.07, 6.45) is 4.92. The fourth-order valence-electron chi connectivity index (χ4n) is 4.29. The average Bonchev–Trinajstić information content (AvgIpc) is 3.29. The Labute approximate surface area is 173 Å². The Bertz CT molecular complexity index is 955. The lowest BCUT2D eigenvalue weighted by molar-refractivity contribution is -0.143. The van der Waals surface area contributed by atoms with E-state index < -0.39 is 11.8 Å². The Kier molecular flexibility index (Phi) is 4.67. The third-order valence-corrected chi connectivity index (χ3v) is 7.02. The van der Waals surface area contributed by atoms with E-state index in [4.69, 9.17) is 23.2 Å². The number of likely N-dealkylation sites (tertiary alicyclic amines) is 1. The summed E-state index contributed by atoms with van der Waals surface area (Å²) in [6.45, 7) is 5.78. The molecule has 1 aliphatic carbocycles. The van der Waals surface area contributed by atoms with Crippen LogP contribution in [0.25, 0.3) is 5.69 Å². The summed E-state index contributed by atoms with van der Waals surface area (Å²) in [4.78, 5) is 26.7. The first kappa shape index (κ1) is 19.3. The number of carbonyl (C=O) groups excluding carboxylic acids is 2. The van der Waals surface area contributed by atoms with Crippen molar-refractivity contribution in [2.45, 2.75) is 33.1 Å². The second-order valence-corrected chi connectivity index (χ2v) is 9.18. The zero-order valence-corrected chi connectivity index (χ0v) is 17.3. The van der Waals surface area contributed by atoms with Crippen molar-refractivity contribution in [2.75, 3.05) is 18.4 Å². The van der Waals surface area contributed by atoms with E-state index in [2.05, 4.69) is 24.3 Å². The van der Waals surface area contributed by atoms with Crippen LogP contribution in [0.5, 0.6) is 0 Å². The SMILES string of the molecule is CC1(C)CCC12CCN(C(=O)C(=O)Nc1ccn(-c3ccc(Cl)cc3Cl)n1)C2. The standard InChI is InChI=1S/C20H22Cl2N4O2/c1-19(2)6-7-20(19)8-10-25(12-20)18(28)17(27)23-16-5-9-26(24-16)15-4-3-13(21)11-14(15)22/h3-5,9,11H,6-8,10,12H2,1-2H3,(H,23,24,27). The first-order chi connectivity index (χ1) is 13.2. The fraction of sp³-hybridized carbons (Fsp3) is 0.450. The van der Waals surface area contributed by atoms with Gasteiger partial charge in [-0.25, -0.2) is 4.68 Å². The number of aromatic nitrogens is 2. The van der Waals surface area contributed by atoms with E-state index in [1.54, 1.807) is 35.4 Å². The van der Waals surface area contributed by atoms with Gasteiger partial charge in [-0.15, -0.1) is 5.10 Å². The highest BCUT2D eigenvalue weighted by Crippen LogP contribution is 2.60. The largest absolute Gasteiger partial charge is 0.334 e. The molecule has 1 N–H and O–H groups in total. The third-order valence-electron chi connectivity index (χ3n) is 6.49. The number of carbonyl (C=O) groups is 2. The van der Waals surface area contributed by atoms with Gasteiger partial charge in [0.2, 0.25) is 0 Å². The van der Waals surface area contributed by atoms with E-state index in [1.807, 2.05) is 0 Å². The molecule has 6 nitrogen and oxygen atoms in total. The number of halogens is 2. The van der Waals surface area contributed by atoms with Crippen LogP contribution in [-0.4, -0.2) is 39.6 Å². The average molecular weight is 421 g/mol. The Morgan fingerprint density at radius 3 is 2.54 bits per heavy atom. The van der Waals surface area contributed by atoms with Gasteiger partial charge < -0.3 is 10.2 Å². The molecule has 2 heterocycles. The number of benzene rings is 1. The van der Waals surface area contributed by atoms with Crippen molar-refractivity contribution in [3.05, 3.63) is 40.5 Å². The van der Waals surface area contributed by atoms with Crippen molar-refractivity contribution in [1.82, 2.24) is 14.7 Å². The minimum atomic E-state index is -0.665. The molecule has 8 heteroatoms. The molecule has 2 aliphatic rings. The lowest BCUT2D eigenvalue weighted by Crippen LogP contribution is -2.50. The maximum absolute atomic E-state index is 12.6. The molecule has 28 heavy (non-hydrogen) atoms. The summed E-state index contributed by atoms with van der Waals surface area (Å²) < 4.78 is 1.53. The highest BCUT2D eigenvalue weighted by molar-refractivity contribution is 6.39. The van der Waals surface area contributed by atoms with Crippen LogP contribution in [0.1, 0.15) is 33.1 Å². The van der Waals surface area contributed by atoms with Crippen molar-refractivity contribution >= 4 is 40.8 Å². The number of hydrogen-bond donors (Lipinski definition) is 1. The zero-order chi connectivity index (χ0) is 20.1. The van der Waals surface area contributed by atoms with Crippen molar-refractivity contribution in [3.8, 4) is 5.69 Å². The molecule has 1 spiro atoms. The zero-order valence-electron chi connectivity index (χ0n) is 15.8. The number of hydrogen-bond acceptors (Lipinski definition) is 3. The van der Waals surface area contributed by atoms with Gasteiger partial charge in [0, 0.05) is 30.4 Å². The van der Waals surface area contributed by atoms with Crippen molar-refractivity contribution in [2.24, 2.45) is 10.8 Å². The second kappa shape index (κ2) is 6.78. The minimum absolute atomic E-state index is 0.163. The van der Waals surface area contributed by atoms with Gasteiger partial charge in [-0.2, -0.15) is 0 Å². The molecule has 1 aromatic carbocycles. The molecule has 1 aliphatic heterocycles. The van der Waals surface area contributed by atoms with Crippen LogP contribution >= 0.6 is 23.2 Å². The normalized spacial score (nSPS) is 22.9. The van der Waals surface area contributed by atoms with Gasteiger partial charge >= 0.3 is 11.8 Å². The molecule has 1 atom stereocenters. The van der Waals surface area contributed by atoms with Gasteiger partial charge in [0.25, 0.3) is 0 Å². The van der Waals surface area contributed by atoms with Crippen LogP contribution < -0.4 is 5.32 Å². The molecule has 4 rings (SSSR count). The first-order valence-corrected chi connectivity index (χ1v) is 10.1. The Hall–Kier alpha value is -2.05. The van der Waals surface area contributed by atoms with Gasteiger partial charge in [0.1, 0.15) is 0 Å². The summed E-state index contributed by atoms with van der Waals surface area (Å²) in [5.74, 6) is -0.873. The Balaban J connectivity index is 1.42. The molecule has 1 aromatic heterocycles. The van der Waals surface area contributed by atoms with Crippen molar-refractivity contribution < 1.29 is 9.59 Å². The van der Waals surface area contributed by atoms with Crippen molar-refractivity contribution in [1.29, 1.82) is 0 Å². The molecule has 1 saturated carbocycles. The molecular weight excluding hydrogens is 399 g/mol. The predicted octanol–water partition coefficient (Wildman–Crippen LogP) is 4.16. The molecular formula is C20H22Cl2N4O2. The van der Waals surface area contributed by atoms with Crippen LogP contribution in [0.2, 0.25) is 10.0 Å².